The van der Waals surface area contributed by atoms with Gasteiger partial charge in [-0.1, -0.05) is 0 Å². The van der Waals surface area contributed by atoms with Crippen LogP contribution in [0.3, 0.4) is 0 Å². The van der Waals surface area contributed by atoms with E-state index in [1.807, 2.05) is 20.8 Å². The minimum absolute atomic E-state index is 0.102. The molecular formula is C8H14O3. The Morgan fingerprint density at radius 3 is 2.00 bits per heavy atom. The van der Waals surface area contributed by atoms with E-state index in [1.165, 1.54) is 0 Å². The fourth-order valence-corrected chi connectivity index (χ4v) is 1.30. The molecule has 0 aromatic carbocycles. The summed E-state index contributed by atoms with van der Waals surface area (Å²) in [4.78, 5) is 0. The third-order valence-corrected chi connectivity index (χ3v) is 2.42. The molecule has 0 amide bonds. The van der Waals surface area contributed by atoms with Crippen molar-refractivity contribution in [2.75, 3.05) is 13.2 Å². The van der Waals surface area contributed by atoms with Crippen molar-refractivity contribution in [3.05, 3.63) is 0 Å². The predicted molar refractivity (Wildman–Crippen MR) is 39.3 cm³/mol. The molecule has 11 heavy (non-hydrogen) atoms. The maximum absolute atomic E-state index is 5.47. The average Bonchev–Trinajstić information content (AvgIpc) is 2.54. The highest BCUT2D eigenvalue weighted by Crippen LogP contribution is 2.41. The highest BCUT2D eigenvalue weighted by atomic mass is 16.7. The van der Waals surface area contributed by atoms with Crippen LogP contribution in [0, 0.1) is 0 Å². The molecule has 0 aromatic rings. The van der Waals surface area contributed by atoms with Crippen molar-refractivity contribution < 1.29 is 14.2 Å². The van der Waals surface area contributed by atoms with Gasteiger partial charge in [-0.2, -0.15) is 0 Å². The van der Waals surface area contributed by atoms with E-state index in [-0.39, 0.29) is 5.60 Å². The second-order valence-electron chi connectivity index (χ2n) is 3.80. The molecule has 3 heteroatoms. The second-order valence-corrected chi connectivity index (χ2v) is 3.80. The lowest BCUT2D eigenvalue weighted by molar-refractivity contribution is -0.265. The molecule has 0 bridgehead atoms. The summed E-state index contributed by atoms with van der Waals surface area (Å²) in [5, 5.41) is 0. The van der Waals surface area contributed by atoms with Crippen molar-refractivity contribution in [3.8, 4) is 0 Å². The lowest BCUT2D eigenvalue weighted by Gasteiger charge is -2.33. The number of ether oxygens (including phenoxy) is 3. The molecule has 3 nitrogen and oxygen atoms in total. The quantitative estimate of drug-likeness (QED) is 0.491. The normalized spacial score (nSPS) is 39.0. The van der Waals surface area contributed by atoms with Crippen LogP contribution in [0.25, 0.3) is 0 Å². The van der Waals surface area contributed by atoms with E-state index in [2.05, 4.69) is 0 Å². The summed E-state index contributed by atoms with van der Waals surface area (Å²) >= 11 is 0. The van der Waals surface area contributed by atoms with Crippen LogP contribution in [0.4, 0.5) is 0 Å². The molecule has 0 saturated carbocycles. The van der Waals surface area contributed by atoms with E-state index >= 15 is 0 Å². The van der Waals surface area contributed by atoms with Gasteiger partial charge in [-0.05, 0) is 20.8 Å². The van der Waals surface area contributed by atoms with Gasteiger partial charge in [-0.15, -0.1) is 0 Å². The van der Waals surface area contributed by atoms with Crippen LogP contribution >= 0.6 is 0 Å². The Kier molecular flexibility index (Phi) is 1.35. The number of hydrogen-bond acceptors (Lipinski definition) is 3. The Labute approximate surface area is 66.6 Å². The first-order valence-electron chi connectivity index (χ1n) is 4.00. The van der Waals surface area contributed by atoms with Gasteiger partial charge in [0.2, 0.25) is 0 Å². The molecule has 2 fully saturated rings. The first-order valence-corrected chi connectivity index (χ1v) is 4.00. The van der Waals surface area contributed by atoms with E-state index in [4.69, 9.17) is 14.2 Å². The number of epoxide rings is 1. The Morgan fingerprint density at radius 2 is 1.64 bits per heavy atom. The van der Waals surface area contributed by atoms with Gasteiger partial charge in [-0.3, -0.25) is 0 Å². The van der Waals surface area contributed by atoms with Crippen LogP contribution < -0.4 is 0 Å². The van der Waals surface area contributed by atoms with Gasteiger partial charge in [0.1, 0.15) is 5.60 Å². The number of hydrogen-bond donors (Lipinski definition) is 0. The van der Waals surface area contributed by atoms with Crippen molar-refractivity contribution in [2.45, 2.75) is 38.3 Å². The van der Waals surface area contributed by atoms with Crippen molar-refractivity contribution in [3.63, 3.8) is 0 Å². The van der Waals surface area contributed by atoms with Crippen LogP contribution in [0.1, 0.15) is 20.8 Å². The maximum atomic E-state index is 5.47. The molecule has 0 N–H and O–H groups in total. The zero-order chi connectivity index (χ0) is 8.11. The smallest absolute Gasteiger partial charge is 0.163 e. The average molecular weight is 158 g/mol. The van der Waals surface area contributed by atoms with Crippen LogP contribution in [0.2, 0.25) is 0 Å². The van der Waals surface area contributed by atoms with E-state index in [1.54, 1.807) is 0 Å². The van der Waals surface area contributed by atoms with Crippen molar-refractivity contribution in [1.82, 2.24) is 0 Å². The predicted octanol–water partition coefficient (Wildman–Crippen LogP) is 0.927. The molecule has 0 radical (unpaired) electrons. The lowest BCUT2D eigenvalue weighted by Crippen LogP contribution is -2.45. The van der Waals surface area contributed by atoms with Crippen molar-refractivity contribution >= 4 is 0 Å². The highest BCUT2D eigenvalue weighted by molar-refractivity contribution is 5.02. The van der Waals surface area contributed by atoms with Gasteiger partial charge in [0.25, 0.3) is 0 Å². The zero-order valence-electron chi connectivity index (χ0n) is 7.22. The molecule has 1 atom stereocenters. The topological polar surface area (TPSA) is 31.0 Å². The molecule has 2 heterocycles. The fourth-order valence-electron chi connectivity index (χ4n) is 1.30. The van der Waals surface area contributed by atoms with E-state index < -0.39 is 5.79 Å². The van der Waals surface area contributed by atoms with Gasteiger partial charge in [0.05, 0.1) is 19.3 Å². The van der Waals surface area contributed by atoms with Gasteiger partial charge in [-0.25, -0.2) is 0 Å². The molecule has 2 saturated heterocycles. The molecule has 1 spiro atoms. The molecule has 2 aliphatic rings. The Hall–Kier alpha value is -0.120. The Balaban J connectivity index is 1.96. The first-order chi connectivity index (χ1) is 5.04. The standard InChI is InChI=1S/C8H14O3/c1-6-8(11-6)4-9-7(2,3)10-5-8/h6H,4-5H2,1-3H3. The Bertz CT molecular complexity index is 166. The van der Waals surface area contributed by atoms with Crippen molar-refractivity contribution in [2.24, 2.45) is 0 Å². The summed E-state index contributed by atoms with van der Waals surface area (Å²) in [5.41, 5.74) is -0.102. The monoisotopic (exact) mass is 158 g/mol. The molecular weight excluding hydrogens is 144 g/mol. The summed E-state index contributed by atoms with van der Waals surface area (Å²) in [5.74, 6) is -0.420. The third-order valence-electron chi connectivity index (χ3n) is 2.42. The maximum Gasteiger partial charge on any atom is 0.163 e. The van der Waals surface area contributed by atoms with E-state index in [9.17, 15) is 0 Å². The van der Waals surface area contributed by atoms with E-state index in [0.717, 1.165) is 0 Å². The molecule has 1 unspecified atom stereocenters. The van der Waals surface area contributed by atoms with Crippen LogP contribution in [0.5, 0.6) is 0 Å². The van der Waals surface area contributed by atoms with Gasteiger partial charge in [0, 0.05) is 0 Å². The minimum Gasteiger partial charge on any atom is -0.361 e. The Morgan fingerprint density at radius 1 is 1.18 bits per heavy atom. The summed E-state index contributed by atoms with van der Waals surface area (Å²) in [6.45, 7) is 7.23. The highest BCUT2D eigenvalue weighted by Gasteiger charge is 2.57. The summed E-state index contributed by atoms with van der Waals surface area (Å²) in [7, 11) is 0. The van der Waals surface area contributed by atoms with Crippen LogP contribution in [0.15, 0.2) is 0 Å². The second kappa shape index (κ2) is 1.97. The molecule has 2 rings (SSSR count). The zero-order valence-corrected chi connectivity index (χ0v) is 7.22. The fraction of sp³-hybridized carbons (Fsp3) is 1.00. The molecule has 2 aliphatic heterocycles. The van der Waals surface area contributed by atoms with Gasteiger partial charge in [0.15, 0.2) is 5.79 Å². The van der Waals surface area contributed by atoms with Crippen LogP contribution in [-0.2, 0) is 14.2 Å². The summed E-state index contributed by atoms with van der Waals surface area (Å²) in [6, 6.07) is 0. The molecule has 0 aromatic heterocycles. The largest absolute Gasteiger partial charge is 0.361 e. The lowest BCUT2D eigenvalue weighted by atomic mass is 10.1. The van der Waals surface area contributed by atoms with Crippen molar-refractivity contribution in [1.29, 1.82) is 0 Å². The number of rotatable bonds is 0. The summed E-state index contributed by atoms with van der Waals surface area (Å²) < 4.78 is 16.3. The van der Waals surface area contributed by atoms with Gasteiger partial charge < -0.3 is 14.2 Å². The SMILES string of the molecule is CC1OC12COC(C)(C)OC2. The first kappa shape index (κ1) is 7.53. The third kappa shape index (κ3) is 1.17. The minimum atomic E-state index is -0.420. The van der Waals surface area contributed by atoms with Crippen LogP contribution in [-0.4, -0.2) is 30.7 Å². The van der Waals surface area contributed by atoms with Gasteiger partial charge >= 0.3 is 0 Å². The molecule has 0 aliphatic carbocycles. The molecule has 64 valence electrons. The van der Waals surface area contributed by atoms with E-state index in [0.29, 0.717) is 19.3 Å². The summed E-state index contributed by atoms with van der Waals surface area (Å²) in [6.07, 6.45) is 0.304.